The lowest BCUT2D eigenvalue weighted by Crippen LogP contribution is -2.29. The van der Waals surface area contributed by atoms with Crippen molar-refractivity contribution in [1.29, 1.82) is 0 Å². The molecule has 4 rings (SSSR count). The van der Waals surface area contributed by atoms with Crippen LogP contribution in [0.5, 0.6) is 5.75 Å². The van der Waals surface area contributed by atoms with Crippen LogP contribution in [0.15, 0.2) is 71.6 Å². The van der Waals surface area contributed by atoms with Crippen molar-refractivity contribution in [3.05, 3.63) is 82.3 Å². The fourth-order valence-corrected chi connectivity index (χ4v) is 5.27. The Morgan fingerprint density at radius 1 is 1.03 bits per heavy atom. The van der Waals surface area contributed by atoms with E-state index in [9.17, 15) is 13.2 Å². The van der Waals surface area contributed by atoms with Gasteiger partial charge in [-0.25, -0.2) is 8.42 Å². The summed E-state index contributed by atoms with van der Waals surface area (Å²) in [5, 5.41) is 3.34. The first-order chi connectivity index (χ1) is 14.8. The second-order valence-electron chi connectivity index (χ2n) is 6.89. The molecule has 0 spiro atoms. The van der Waals surface area contributed by atoms with Gasteiger partial charge in [-0.3, -0.25) is 9.10 Å². The van der Waals surface area contributed by atoms with E-state index in [4.69, 9.17) is 27.9 Å². The highest BCUT2D eigenvalue weighted by atomic mass is 35.5. The highest BCUT2D eigenvalue weighted by Crippen LogP contribution is 2.35. The van der Waals surface area contributed by atoms with Gasteiger partial charge in [-0.2, -0.15) is 0 Å². The maximum Gasteiger partial charge on any atom is 0.264 e. The maximum atomic E-state index is 13.1. The van der Waals surface area contributed by atoms with Crippen LogP contribution in [-0.4, -0.2) is 27.5 Å². The van der Waals surface area contributed by atoms with E-state index < -0.39 is 10.0 Å². The number of carbonyl (C=O) groups is 1. The summed E-state index contributed by atoms with van der Waals surface area (Å²) in [4.78, 5) is 12.1. The third kappa shape index (κ3) is 4.63. The van der Waals surface area contributed by atoms with E-state index in [0.717, 1.165) is 5.56 Å². The molecule has 0 aliphatic carbocycles. The Kier molecular flexibility index (Phi) is 6.09. The van der Waals surface area contributed by atoms with Gasteiger partial charge < -0.3 is 10.1 Å². The molecule has 0 fully saturated rings. The normalized spacial score (nSPS) is 13.0. The molecule has 6 nitrogen and oxygen atoms in total. The molecule has 0 radical (unpaired) electrons. The number of para-hydroxylation sites is 1. The minimum absolute atomic E-state index is 0.0622. The molecule has 0 bridgehead atoms. The van der Waals surface area contributed by atoms with Gasteiger partial charge in [-0.1, -0.05) is 41.4 Å². The molecule has 9 heteroatoms. The molecule has 160 valence electrons. The van der Waals surface area contributed by atoms with Crippen molar-refractivity contribution in [3.8, 4) is 5.75 Å². The lowest BCUT2D eigenvalue weighted by molar-refractivity contribution is -0.118. The quantitative estimate of drug-likeness (QED) is 0.556. The first-order valence-corrected chi connectivity index (χ1v) is 11.6. The summed E-state index contributed by atoms with van der Waals surface area (Å²) >= 11 is 12.1. The third-order valence-electron chi connectivity index (χ3n) is 4.82. The van der Waals surface area contributed by atoms with E-state index in [1.54, 1.807) is 30.3 Å². The van der Waals surface area contributed by atoms with Crippen LogP contribution in [0.1, 0.15) is 5.56 Å². The predicted molar refractivity (Wildman–Crippen MR) is 122 cm³/mol. The van der Waals surface area contributed by atoms with Crippen LogP contribution in [0.25, 0.3) is 0 Å². The number of benzene rings is 3. The number of nitrogens with zero attached hydrogens (tertiary/aromatic N) is 1. The lowest BCUT2D eigenvalue weighted by Gasteiger charge is -2.20. The number of anilines is 2. The molecule has 3 aromatic carbocycles. The summed E-state index contributed by atoms with van der Waals surface area (Å²) in [5.41, 5.74) is 2.25. The van der Waals surface area contributed by atoms with Gasteiger partial charge in [0.15, 0.2) is 6.61 Å². The number of hydrogen-bond donors (Lipinski definition) is 1. The molecule has 1 amide bonds. The highest BCUT2D eigenvalue weighted by Gasteiger charge is 2.31. The number of fused-ring (bicyclic) bond motifs is 1. The number of amides is 1. The monoisotopic (exact) mass is 476 g/mol. The van der Waals surface area contributed by atoms with Gasteiger partial charge in [0.05, 0.1) is 15.6 Å². The Morgan fingerprint density at radius 2 is 1.77 bits per heavy atom. The van der Waals surface area contributed by atoms with Gasteiger partial charge in [-0.15, -0.1) is 0 Å². The Bertz CT molecular complexity index is 1230. The van der Waals surface area contributed by atoms with E-state index in [1.165, 1.54) is 22.5 Å². The zero-order valence-corrected chi connectivity index (χ0v) is 18.5. The number of sulfonamides is 1. The van der Waals surface area contributed by atoms with Crippen LogP contribution in [0.3, 0.4) is 0 Å². The number of rotatable bonds is 6. The first kappa shape index (κ1) is 21.5. The van der Waals surface area contributed by atoms with Crippen LogP contribution in [0, 0.1) is 0 Å². The number of carbonyl (C=O) groups excluding carboxylic acids is 1. The number of hydrogen-bond acceptors (Lipinski definition) is 4. The summed E-state index contributed by atoms with van der Waals surface area (Å²) in [6.45, 7) is 0.0936. The fourth-order valence-electron chi connectivity index (χ4n) is 3.32. The zero-order chi connectivity index (χ0) is 22.0. The summed E-state index contributed by atoms with van der Waals surface area (Å²) in [6, 6.07) is 18.3. The molecule has 1 heterocycles. The molecular weight excluding hydrogens is 459 g/mol. The van der Waals surface area contributed by atoms with Crippen molar-refractivity contribution in [2.75, 3.05) is 22.8 Å². The first-order valence-electron chi connectivity index (χ1n) is 9.43. The van der Waals surface area contributed by atoms with Gasteiger partial charge in [0.2, 0.25) is 0 Å². The highest BCUT2D eigenvalue weighted by molar-refractivity contribution is 7.92. The van der Waals surface area contributed by atoms with Crippen molar-refractivity contribution < 1.29 is 17.9 Å². The molecule has 1 aliphatic heterocycles. The summed E-state index contributed by atoms with van der Waals surface area (Å²) in [5.74, 6) is -0.169. The van der Waals surface area contributed by atoms with Crippen molar-refractivity contribution in [2.45, 2.75) is 11.3 Å². The lowest BCUT2D eigenvalue weighted by atomic mass is 10.2. The Balaban J connectivity index is 1.44. The Morgan fingerprint density at radius 3 is 2.52 bits per heavy atom. The topological polar surface area (TPSA) is 75.7 Å². The fraction of sp³-hybridized carbons (Fsp3) is 0.136. The second-order valence-corrected chi connectivity index (χ2v) is 9.60. The Hall–Kier alpha value is -2.74. The number of halogens is 2. The maximum absolute atomic E-state index is 13.1. The minimum Gasteiger partial charge on any atom is -0.482 e. The van der Waals surface area contributed by atoms with E-state index in [1.807, 2.05) is 18.2 Å². The predicted octanol–water partition coefficient (Wildman–Crippen LogP) is 4.76. The van der Waals surface area contributed by atoms with Gasteiger partial charge in [0.25, 0.3) is 15.9 Å². The SMILES string of the molecule is O=C(COc1ccc(S(=O)(=O)N2CCc3ccccc32)cc1Cl)Nc1ccc(Cl)cc1. The van der Waals surface area contributed by atoms with Gasteiger partial charge in [-0.05, 0) is 60.5 Å². The van der Waals surface area contributed by atoms with Crippen LogP contribution in [-0.2, 0) is 21.2 Å². The third-order valence-corrected chi connectivity index (χ3v) is 7.18. The van der Waals surface area contributed by atoms with Crippen molar-refractivity contribution in [2.24, 2.45) is 0 Å². The van der Waals surface area contributed by atoms with E-state index in [-0.39, 0.29) is 28.2 Å². The van der Waals surface area contributed by atoms with Gasteiger partial charge >= 0.3 is 0 Å². The molecular formula is C22H18Cl2N2O4S. The molecule has 0 atom stereocenters. The molecule has 3 aromatic rings. The number of ether oxygens (including phenoxy) is 1. The van der Waals surface area contributed by atoms with Crippen molar-refractivity contribution >= 4 is 50.5 Å². The molecule has 0 aromatic heterocycles. The molecule has 1 aliphatic rings. The van der Waals surface area contributed by atoms with Gasteiger partial charge in [0, 0.05) is 17.3 Å². The van der Waals surface area contributed by atoms with Crippen LogP contribution >= 0.6 is 23.2 Å². The molecule has 0 unspecified atom stereocenters. The average molecular weight is 477 g/mol. The second kappa shape index (κ2) is 8.78. The van der Waals surface area contributed by atoms with Crippen molar-refractivity contribution in [3.63, 3.8) is 0 Å². The van der Waals surface area contributed by atoms with Crippen molar-refractivity contribution in [1.82, 2.24) is 0 Å². The zero-order valence-electron chi connectivity index (χ0n) is 16.2. The van der Waals surface area contributed by atoms with Crippen LogP contribution < -0.4 is 14.4 Å². The van der Waals surface area contributed by atoms with Gasteiger partial charge in [0.1, 0.15) is 5.75 Å². The number of nitrogens with one attached hydrogen (secondary N) is 1. The minimum atomic E-state index is -3.76. The van der Waals surface area contributed by atoms with Crippen LogP contribution in [0.4, 0.5) is 11.4 Å². The van der Waals surface area contributed by atoms with E-state index in [0.29, 0.717) is 29.4 Å². The molecule has 1 N–H and O–H groups in total. The Labute approximate surface area is 190 Å². The molecule has 31 heavy (non-hydrogen) atoms. The van der Waals surface area contributed by atoms with Crippen LogP contribution in [0.2, 0.25) is 10.0 Å². The average Bonchev–Trinajstić information content (AvgIpc) is 3.19. The van der Waals surface area contributed by atoms with E-state index >= 15 is 0 Å². The molecule has 0 saturated heterocycles. The molecule has 0 saturated carbocycles. The standard InChI is InChI=1S/C22H18Cl2N2O4S/c23-16-5-7-17(8-6-16)25-22(27)14-30-21-10-9-18(13-19(21)24)31(28,29)26-12-11-15-3-1-2-4-20(15)26/h1-10,13H,11-12,14H2,(H,25,27). The summed E-state index contributed by atoms with van der Waals surface area (Å²) in [6.07, 6.45) is 0.660. The smallest absolute Gasteiger partial charge is 0.264 e. The summed E-state index contributed by atoms with van der Waals surface area (Å²) in [7, 11) is -3.76. The largest absolute Gasteiger partial charge is 0.482 e. The van der Waals surface area contributed by atoms with E-state index in [2.05, 4.69) is 5.32 Å². The summed E-state index contributed by atoms with van der Waals surface area (Å²) < 4.78 is 33.1.